The van der Waals surface area contributed by atoms with Gasteiger partial charge in [0, 0.05) is 11.1 Å². The van der Waals surface area contributed by atoms with E-state index in [9.17, 15) is 8.42 Å². The molecule has 1 aromatic carbocycles. The van der Waals surface area contributed by atoms with E-state index in [1.54, 1.807) is 0 Å². The summed E-state index contributed by atoms with van der Waals surface area (Å²) in [6.07, 6.45) is 1.41. The molecular weight excluding hydrogens is 258 g/mol. The molecule has 0 spiro atoms. The van der Waals surface area contributed by atoms with Gasteiger partial charge in [-0.15, -0.1) is 0 Å². The maximum atomic E-state index is 11.4. The number of halogens is 1. The number of hydrogen-bond acceptors (Lipinski definition) is 3. The number of benzene rings is 1. The third-order valence-corrected chi connectivity index (χ3v) is 5.40. The fraction of sp³-hybridized carbons (Fsp3) is 0.500. The van der Waals surface area contributed by atoms with Crippen LogP contribution in [0.3, 0.4) is 0 Å². The second-order valence-corrected chi connectivity index (χ2v) is 7.27. The highest BCUT2D eigenvalue weighted by molar-refractivity contribution is 7.91. The van der Waals surface area contributed by atoms with E-state index < -0.39 is 9.84 Å². The van der Waals surface area contributed by atoms with Crippen molar-refractivity contribution < 1.29 is 8.42 Å². The van der Waals surface area contributed by atoms with Gasteiger partial charge in [0.15, 0.2) is 9.84 Å². The molecule has 1 fully saturated rings. The van der Waals surface area contributed by atoms with Crippen LogP contribution in [0.5, 0.6) is 0 Å². The van der Waals surface area contributed by atoms with E-state index >= 15 is 0 Å². The van der Waals surface area contributed by atoms with Crippen LogP contribution in [-0.2, 0) is 9.84 Å². The molecule has 0 radical (unpaired) electrons. The summed E-state index contributed by atoms with van der Waals surface area (Å²) in [6, 6.07) is 7.28. The molecule has 0 saturated carbocycles. The summed E-state index contributed by atoms with van der Waals surface area (Å²) in [5, 5.41) is 0.654. The molecule has 94 valence electrons. The quantitative estimate of drug-likeness (QED) is 0.918. The van der Waals surface area contributed by atoms with E-state index in [-0.39, 0.29) is 17.7 Å². The Morgan fingerprint density at radius 3 is 2.71 bits per heavy atom. The maximum absolute atomic E-state index is 11.4. The molecule has 17 heavy (non-hydrogen) atoms. The second-order valence-electron chi connectivity index (χ2n) is 4.63. The summed E-state index contributed by atoms with van der Waals surface area (Å²) in [6.45, 7) is 0. The van der Waals surface area contributed by atoms with Crippen molar-refractivity contribution in [3.63, 3.8) is 0 Å². The molecule has 3 nitrogen and oxygen atoms in total. The number of rotatable bonds is 3. The van der Waals surface area contributed by atoms with Crippen LogP contribution in [0.2, 0.25) is 5.02 Å². The normalized spacial score (nSPS) is 24.7. The van der Waals surface area contributed by atoms with Crippen LogP contribution in [-0.4, -0.2) is 19.9 Å². The van der Waals surface area contributed by atoms with Crippen molar-refractivity contribution in [3.05, 3.63) is 34.9 Å². The summed E-state index contributed by atoms with van der Waals surface area (Å²) in [5.74, 6) is 0.740. The Balaban J connectivity index is 2.03. The molecule has 0 bridgehead atoms. The third kappa shape index (κ3) is 3.21. The summed E-state index contributed by atoms with van der Waals surface area (Å²) < 4.78 is 22.7. The first-order valence-corrected chi connectivity index (χ1v) is 7.88. The van der Waals surface area contributed by atoms with Gasteiger partial charge in [-0.25, -0.2) is 8.42 Å². The molecule has 1 aliphatic heterocycles. The van der Waals surface area contributed by atoms with Gasteiger partial charge in [-0.2, -0.15) is 0 Å². The Hall–Kier alpha value is -0.580. The molecule has 2 atom stereocenters. The highest BCUT2D eigenvalue weighted by atomic mass is 35.5. The van der Waals surface area contributed by atoms with Crippen LogP contribution in [0.1, 0.15) is 24.4 Å². The molecule has 5 heteroatoms. The zero-order chi connectivity index (χ0) is 12.5. The van der Waals surface area contributed by atoms with E-state index in [0.29, 0.717) is 17.2 Å². The first-order chi connectivity index (χ1) is 7.98. The SMILES string of the molecule is NC(CC1CCS(=O)(=O)C1)c1ccccc1Cl. The lowest BCUT2D eigenvalue weighted by Gasteiger charge is -2.16. The van der Waals surface area contributed by atoms with E-state index in [1.807, 2.05) is 24.3 Å². The average molecular weight is 274 g/mol. The molecule has 1 heterocycles. The van der Waals surface area contributed by atoms with Crippen molar-refractivity contribution >= 4 is 21.4 Å². The van der Waals surface area contributed by atoms with E-state index in [1.165, 1.54) is 0 Å². The number of nitrogens with two attached hydrogens (primary N) is 1. The van der Waals surface area contributed by atoms with Crippen LogP contribution in [0.4, 0.5) is 0 Å². The molecule has 0 aliphatic carbocycles. The Morgan fingerprint density at radius 1 is 1.41 bits per heavy atom. The van der Waals surface area contributed by atoms with Crippen LogP contribution in [0, 0.1) is 5.92 Å². The van der Waals surface area contributed by atoms with Crippen LogP contribution < -0.4 is 5.73 Å². The minimum Gasteiger partial charge on any atom is -0.324 e. The fourth-order valence-corrected chi connectivity index (χ4v) is 4.48. The standard InChI is InChI=1S/C12H16ClNO2S/c13-11-4-2-1-3-10(11)12(14)7-9-5-6-17(15,16)8-9/h1-4,9,12H,5-8,14H2. The Morgan fingerprint density at radius 2 is 2.12 bits per heavy atom. The molecule has 1 aromatic rings. The second kappa shape index (κ2) is 4.96. The highest BCUT2D eigenvalue weighted by Gasteiger charge is 2.29. The van der Waals surface area contributed by atoms with Gasteiger partial charge >= 0.3 is 0 Å². The molecule has 1 aliphatic rings. The topological polar surface area (TPSA) is 60.2 Å². The molecule has 2 N–H and O–H groups in total. The third-order valence-electron chi connectivity index (χ3n) is 3.22. The Labute approximate surface area is 107 Å². The van der Waals surface area contributed by atoms with Gasteiger partial charge in [0.1, 0.15) is 0 Å². The summed E-state index contributed by atoms with van der Waals surface area (Å²) in [4.78, 5) is 0. The monoisotopic (exact) mass is 273 g/mol. The molecule has 1 saturated heterocycles. The van der Waals surface area contributed by atoms with Gasteiger partial charge in [0.25, 0.3) is 0 Å². The first kappa shape index (κ1) is 12.9. The summed E-state index contributed by atoms with van der Waals surface area (Å²) in [7, 11) is -2.82. The number of hydrogen-bond donors (Lipinski definition) is 1. The lowest BCUT2D eigenvalue weighted by molar-refractivity contribution is 0.481. The van der Waals surface area contributed by atoms with Gasteiger partial charge in [-0.05, 0) is 30.4 Å². The molecule has 2 rings (SSSR count). The van der Waals surface area contributed by atoms with E-state index in [4.69, 9.17) is 17.3 Å². The largest absolute Gasteiger partial charge is 0.324 e. The van der Waals surface area contributed by atoms with Gasteiger partial charge in [-0.3, -0.25) is 0 Å². The molecule has 0 aromatic heterocycles. The highest BCUT2D eigenvalue weighted by Crippen LogP contribution is 2.30. The predicted molar refractivity (Wildman–Crippen MR) is 69.8 cm³/mol. The van der Waals surface area contributed by atoms with E-state index in [0.717, 1.165) is 12.0 Å². The van der Waals surface area contributed by atoms with Crippen molar-refractivity contribution in [1.29, 1.82) is 0 Å². The Kier molecular flexibility index (Phi) is 3.76. The zero-order valence-corrected chi connectivity index (χ0v) is 11.0. The zero-order valence-electron chi connectivity index (χ0n) is 9.47. The smallest absolute Gasteiger partial charge is 0.150 e. The molecule has 0 amide bonds. The van der Waals surface area contributed by atoms with Gasteiger partial charge in [-0.1, -0.05) is 29.8 Å². The maximum Gasteiger partial charge on any atom is 0.150 e. The average Bonchev–Trinajstić information content (AvgIpc) is 2.58. The van der Waals surface area contributed by atoms with Crippen LogP contribution >= 0.6 is 11.6 Å². The minimum absolute atomic E-state index is 0.172. The van der Waals surface area contributed by atoms with Gasteiger partial charge in [0.05, 0.1) is 11.5 Å². The van der Waals surface area contributed by atoms with Crippen molar-refractivity contribution in [1.82, 2.24) is 0 Å². The summed E-state index contributed by atoms with van der Waals surface area (Å²) in [5.41, 5.74) is 6.99. The van der Waals surface area contributed by atoms with Gasteiger partial charge in [0.2, 0.25) is 0 Å². The minimum atomic E-state index is -2.82. The van der Waals surface area contributed by atoms with Crippen molar-refractivity contribution in [3.8, 4) is 0 Å². The van der Waals surface area contributed by atoms with Gasteiger partial charge < -0.3 is 5.73 Å². The van der Waals surface area contributed by atoms with Crippen molar-refractivity contribution in [2.45, 2.75) is 18.9 Å². The molecule has 2 unspecified atom stereocenters. The first-order valence-electron chi connectivity index (χ1n) is 5.68. The lowest BCUT2D eigenvalue weighted by Crippen LogP contribution is -2.16. The Bertz CT molecular complexity index is 501. The molecular formula is C12H16ClNO2S. The fourth-order valence-electron chi connectivity index (χ4n) is 2.32. The predicted octanol–water partition coefficient (Wildman–Crippen LogP) is 2.16. The summed E-state index contributed by atoms with van der Waals surface area (Å²) >= 11 is 6.06. The van der Waals surface area contributed by atoms with Crippen molar-refractivity contribution in [2.75, 3.05) is 11.5 Å². The van der Waals surface area contributed by atoms with Crippen LogP contribution in [0.15, 0.2) is 24.3 Å². The van der Waals surface area contributed by atoms with Crippen molar-refractivity contribution in [2.24, 2.45) is 11.7 Å². The lowest BCUT2D eigenvalue weighted by atomic mass is 9.95. The number of sulfone groups is 1. The van der Waals surface area contributed by atoms with Crippen LogP contribution in [0.25, 0.3) is 0 Å². The van der Waals surface area contributed by atoms with E-state index in [2.05, 4.69) is 0 Å².